The molecule has 0 bridgehead atoms. The number of ether oxygens (including phenoxy) is 1. The van der Waals surface area contributed by atoms with Crippen LogP contribution < -0.4 is 5.32 Å². The van der Waals surface area contributed by atoms with Gasteiger partial charge in [-0.05, 0) is 44.4 Å². The Morgan fingerprint density at radius 2 is 2.14 bits per heavy atom. The van der Waals surface area contributed by atoms with Crippen LogP contribution in [0.4, 0.5) is 0 Å². The Morgan fingerprint density at radius 3 is 2.79 bits per heavy atom. The van der Waals surface area contributed by atoms with Crippen molar-refractivity contribution < 1.29 is 4.74 Å². The molecule has 1 N–H and O–H groups in total. The Bertz CT molecular complexity index is 161. The van der Waals surface area contributed by atoms with Crippen LogP contribution >= 0.6 is 0 Å². The first-order chi connectivity index (χ1) is 6.84. The summed E-state index contributed by atoms with van der Waals surface area (Å²) in [6.07, 6.45) is 8.52. The molecule has 0 aromatic heterocycles. The molecule has 1 saturated heterocycles. The van der Waals surface area contributed by atoms with Crippen LogP contribution in [-0.2, 0) is 4.74 Å². The molecule has 2 heteroatoms. The highest BCUT2D eigenvalue weighted by molar-refractivity contribution is 4.79. The molecule has 0 aromatic rings. The van der Waals surface area contributed by atoms with E-state index >= 15 is 0 Å². The van der Waals surface area contributed by atoms with E-state index in [4.69, 9.17) is 4.74 Å². The first-order valence-electron chi connectivity index (χ1n) is 6.19. The smallest absolute Gasteiger partial charge is 0.0699 e. The van der Waals surface area contributed by atoms with E-state index in [9.17, 15) is 0 Å². The molecule has 1 aliphatic carbocycles. The molecule has 0 spiro atoms. The van der Waals surface area contributed by atoms with E-state index < -0.39 is 0 Å². The van der Waals surface area contributed by atoms with Gasteiger partial charge in [-0.3, -0.25) is 0 Å². The average Bonchev–Trinajstić information content (AvgIpc) is 2.63. The number of hydrogen-bond donors (Lipinski definition) is 1. The standard InChI is InChI=1S/C12H23NO/c1-10-5-6-11(8-10)13-9-12-4-2-3-7-14-12/h10-13H,2-9H2,1H3. The van der Waals surface area contributed by atoms with Gasteiger partial charge in [0.15, 0.2) is 0 Å². The zero-order chi connectivity index (χ0) is 9.80. The molecule has 3 unspecified atom stereocenters. The Labute approximate surface area is 87.4 Å². The van der Waals surface area contributed by atoms with E-state index in [-0.39, 0.29) is 0 Å². The van der Waals surface area contributed by atoms with Crippen LogP contribution in [0.3, 0.4) is 0 Å². The van der Waals surface area contributed by atoms with Gasteiger partial charge in [-0.15, -0.1) is 0 Å². The molecule has 3 atom stereocenters. The Morgan fingerprint density at radius 1 is 1.21 bits per heavy atom. The SMILES string of the molecule is CC1CCC(NCC2CCCCO2)C1. The van der Waals surface area contributed by atoms with Crippen LogP contribution in [0.5, 0.6) is 0 Å². The van der Waals surface area contributed by atoms with Crippen LogP contribution in [0.25, 0.3) is 0 Å². The lowest BCUT2D eigenvalue weighted by Crippen LogP contribution is -2.36. The molecule has 2 fully saturated rings. The average molecular weight is 197 g/mol. The molecule has 0 radical (unpaired) electrons. The first-order valence-corrected chi connectivity index (χ1v) is 6.19. The Balaban J connectivity index is 1.61. The molecule has 2 aliphatic rings. The van der Waals surface area contributed by atoms with Crippen LogP contribution in [0.2, 0.25) is 0 Å². The Hall–Kier alpha value is -0.0800. The third kappa shape index (κ3) is 2.96. The van der Waals surface area contributed by atoms with Crippen molar-refractivity contribution in [1.82, 2.24) is 5.32 Å². The van der Waals surface area contributed by atoms with Crippen LogP contribution in [0.1, 0.15) is 45.4 Å². The lowest BCUT2D eigenvalue weighted by molar-refractivity contribution is 0.0154. The summed E-state index contributed by atoms with van der Waals surface area (Å²) < 4.78 is 5.70. The fraction of sp³-hybridized carbons (Fsp3) is 1.00. The highest BCUT2D eigenvalue weighted by Crippen LogP contribution is 2.24. The lowest BCUT2D eigenvalue weighted by atomic mass is 10.1. The maximum absolute atomic E-state index is 5.70. The van der Waals surface area contributed by atoms with Crippen LogP contribution in [-0.4, -0.2) is 25.3 Å². The summed E-state index contributed by atoms with van der Waals surface area (Å²) in [6.45, 7) is 4.42. The van der Waals surface area contributed by atoms with Gasteiger partial charge in [0, 0.05) is 19.2 Å². The number of hydrogen-bond acceptors (Lipinski definition) is 2. The molecule has 82 valence electrons. The molecule has 1 aliphatic heterocycles. The minimum atomic E-state index is 0.500. The maximum atomic E-state index is 5.70. The number of rotatable bonds is 3. The van der Waals surface area contributed by atoms with Crippen molar-refractivity contribution >= 4 is 0 Å². The van der Waals surface area contributed by atoms with Gasteiger partial charge in [0.2, 0.25) is 0 Å². The predicted octanol–water partition coefficient (Wildman–Crippen LogP) is 2.33. The second kappa shape index (κ2) is 5.13. The monoisotopic (exact) mass is 197 g/mol. The van der Waals surface area contributed by atoms with Crippen molar-refractivity contribution in [2.45, 2.75) is 57.6 Å². The van der Waals surface area contributed by atoms with E-state index in [0.717, 1.165) is 25.1 Å². The molecule has 14 heavy (non-hydrogen) atoms. The quantitative estimate of drug-likeness (QED) is 0.750. The van der Waals surface area contributed by atoms with Gasteiger partial charge in [0.25, 0.3) is 0 Å². The summed E-state index contributed by atoms with van der Waals surface area (Å²) in [5.41, 5.74) is 0. The summed E-state index contributed by atoms with van der Waals surface area (Å²) in [7, 11) is 0. The molecule has 1 saturated carbocycles. The molecule has 1 heterocycles. The fourth-order valence-electron chi connectivity index (χ4n) is 2.66. The maximum Gasteiger partial charge on any atom is 0.0699 e. The summed E-state index contributed by atoms with van der Waals surface area (Å²) >= 11 is 0. The fourth-order valence-corrected chi connectivity index (χ4v) is 2.66. The van der Waals surface area contributed by atoms with E-state index in [0.29, 0.717) is 6.10 Å². The van der Waals surface area contributed by atoms with Gasteiger partial charge in [-0.1, -0.05) is 6.92 Å². The van der Waals surface area contributed by atoms with Crippen LogP contribution in [0, 0.1) is 5.92 Å². The minimum absolute atomic E-state index is 0.500. The third-order valence-electron chi connectivity index (χ3n) is 3.60. The van der Waals surface area contributed by atoms with Crippen molar-refractivity contribution in [3.05, 3.63) is 0 Å². The Kier molecular flexibility index (Phi) is 3.82. The van der Waals surface area contributed by atoms with E-state index in [2.05, 4.69) is 12.2 Å². The highest BCUT2D eigenvalue weighted by atomic mass is 16.5. The summed E-state index contributed by atoms with van der Waals surface area (Å²) in [6, 6.07) is 0.774. The van der Waals surface area contributed by atoms with E-state index in [1.54, 1.807) is 0 Å². The van der Waals surface area contributed by atoms with Crippen molar-refractivity contribution in [1.29, 1.82) is 0 Å². The van der Waals surface area contributed by atoms with Gasteiger partial charge < -0.3 is 10.1 Å². The van der Waals surface area contributed by atoms with E-state index in [1.807, 2.05) is 0 Å². The molecule has 2 rings (SSSR count). The molecular weight excluding hydrogens is 174 g/mol. The second-order valence-electron chi connectivity index (χ2n) is 5.01. The zero-order valence-electron chi connectivity index (χ0n) is 9.30. The van der Waals surface area contributed by atoms with Crippen molar-refractivity contribution in [2.75, 3.05) is 13.2 Å². The van der Waals surface area contributed by atoms with Gasteiger partial charge in [-0.25, -0.2) is 0 Å². The van der Waals surface area contributed by atoms with Gasteiger partial charge in [0.05, 0.1) is 6.10 Å². The largest absolute Gasteiger partial charge is 0.377 e. The normalized spacial score (nSPS) is 38.8. The summed E-state index contributed by atoms with van der Waals surface area (Å²) in [5.74, 6) is 0.930. The molecule has 2 nitrogen and oxygen atoms in total. The van der Waals surface area contributed by atoms with Crippen LogP contribution in [0.15, 0.2) is 0 Å². The van der Waals surface area contributed by atoms with Gasteiger partial charge in [0.1, 0.15) is 0 Å². The van der Waals surface area contributed by atoms with Gasteiger partial charge >= 0.3 is 0 Å². The number of nitrogens with one attached hydrogen (secondary N) is 1. The predicted molar refractivity (Wildman–Crippen MR) is 58.4 cm³/mol. The highest BCUT2D eigenvalue weighted by Gasteiger charge is 2.22. The van der Waals surface area contributed by atoms with Crippen molar-refractivity contribution in [2.24, 2.45) is 5.92 Å². The minimum Gasteiger partial charge on any atom is -0.377 e. The molecular formula is C12H23NO. The van der Waals surface area contributed by atoms with Crippen molar-refractivity contribution in [3.63, 3.8) is 0 Å². The van der Waals surface area contributed by atoms with E-state index in [1.165, 1.54) is 38.5 Å². The molecule has 0 amide bonds. The molecule has 0 aromatic carbocycles. The first kappa shape index (κ1) is 10.4. The second-order valence-corrected chi connectivity index (χ2v) is 5.01. The topological polar surface area (TPSA) is 21.3 Å². The summed E-state index contributed by atoms with van der Waals surface area (Å²) in [4.78, 5) is 0. The van der Waals surface area contributed by atoms with Gasteiger partial charge in [-0.2, -0.15) is 0 Å². The third-order valence-corrected chi connectivity index (χ3v) is 3.60. The zero-order valence-corrected chi connectivity index (χ0v) is 9.30. The lowest BCUT2D eigenvalue weighted by Gasteiger charge is -2.24. The summed E-state index contributed by atoms with van der Waals surface area (Å²) in [5, 5.41) is 3.66. The van der Waals surface area contributed by atoms with Crippen molar-refractivity contribution in [3.8, 4) is 0 Å².